The Morgan fingerprint density at radius 1 is 0.933 bits per heavy atom. The van der Waals surface area contributed by atoms with Gasteiger partial charge in [-0.05, 0) is 42.0 Å². The van der Waals surface area contributed by atoms with Crippen LogP contribution in [0, 0.1) is 0 Å². The molecule has 0 aliphatic carbocycles. The van der Waals surface area contributed by atoms with Gasteiger partial charge in [-0.1, -0.05) is 0 Å². The number of rotatable bonds is 8. The predicted molar refractivity (Wildman–Crippen MR) is 104 cm³/mol. The van der Waals surface area contributed by atoms with Crippen LogP contribution in [0.2, 0.25) is 0 Å². The number of methoxy groups -OCH3 is 3. The van der Waals surface area contributed by atoms with E-state index in [1.54, 1.807) is 14.2 Å². The summed E-state index contributed by atoms with van der Waals surface area (Å²) in [6.07, 6.45) is -2.91. The lowest BCUT2D eigenvalue weighted by molar-refractivity contribution is -0.137. The standard InChI is InChI=1S/C21H21F3N2O4/c1-27-17-8-13(9-18(28-2)19(17)29-3)10-25-11-16-12-30-20(26-16)14-4-6-15(7-5-14)21(22,23)24/h4-9,12,25H,10-11H2,1-3H3. The van der Waals surface area contributed by atoms with Crippen LogP contribution in [0.3, 0.4) is 0 Å². The van der Waals surface area contributed by atoms with Crippen molar-refractivity contribution in [1.82, 2.24) is 10.3 Å². The fraction of sp³-hybridized carbons (Fsp3) is 0.286. The molecule has 0 saturated carbocycles. The van der Waals surface area contributed by atoms with Gasteiger partial charge in [-0.15, -0.1) is 0 Å². The molecule has 30 heavy (non-hydrogen) atoms. The molecule has 1 aromatic heterocycles. The number of ether oxygens (including phenoxy) is 3. The van der Waals surface area contributed by atoms with Crippen LogP contribution in [0.1, 0.15) is 16.8 Å². The largest absolute Gasteiger partial charge is 0.493 e. The van der Waals surface area contributed by atoms with E-state index in [2.05, 4.69) is 10.3 Å². The Balaban J connectivity index is 1.64. The van der Waals surface area contributed by atoms with Gasteiger partial charge < -0.3 is 23.9 Å². The highest BCUT2D eigenvalue weighted by molar-refractivity contribution is 5.54. The lowest BCUT2D eigenvalue weighted by Crippen LogP contribution is -2.13. The first kappa shape index (κ1) is 21.5. The molecule has 0 aliphatic rings. The molecule has 3 rings (SSSR count). The third-order valence-corrected chi connectivity index (χ3v) is 4.37. The van der Waals surface area contributed by atoms with Gasteiger partial charge in [0.05, 0.1) is 32.6 Å². The number of hydrogen-bond donors (Lipinski definition) is 1. The number of halogens is 3. The summed E-state index contributed by atoms with van der Waals surface area (Å²) in [6.45, 7) is 0.903. The summed E-state index contributed by atoms with van der Waals surface area (Å²) in [5.41, 5.74) is 1.29. The highest BCUT2D eigenvalue weighted by Crippen LogP contribution is 2.38. The molecule has 2 aromatic carbocycles. The minimum Gasteiger partial charge on any atom is -0.493 e. The van der Waals surface area contributed by atoms with Gasteiger partial charge in [-0.25, -0.2) is 4.98 Å². The quantitative estimate of drug-likeness (QED) is 0.569. The van der Waals surface area contributed by atoms with Crippen molar-refractivity contribution in [1.29, 1.82) is 0 Å². The Kier molecular flexibility index (Phi) is 6.51. The van der Waals surface area contributed by atoms with E-state index in [9.17, 15) is 13.2 Å². The Hall–Kier alpha value is -3.20. The van der Waals surface area contributed by atoms with Crippen molar-refractivity contribution in [3.8, 4) is 28.7 Å². The summed E-state index contributed by atoms with van der Waals surface area (Å²) in [5.74, 6) is 1.88. The van der Waals surface area contributed by atoms with E-state index in [0.717, 1.165) is 17.7 Å². The number of alkyl halides is 3. The van der Waals surface area contributed by atoms with Crippen molar-refractivity contribution in [2.24, 2.45) is 0 Å². The molecule has 3 aromatic rings. The minimum atomic E-state index is -4.38. The van der Waals surface area contributed by atoms with Crippen molar-refractivity contribution in [3.05, 3.63) is 59.5 Å². The van der Waals surface area contributed by atoms with Gasteiger partial charge in [0.2, 0.25) is 11.6 Å². The van der Waals surface area contributed by atoms with Crippen LogP contribution in [0.25, 0.3) is 11.5 Å². The molecule has 0 atom stereocenters. The SMILES string of the molecule is COc1cc(CNCc2coc(-c3ccc(C(F)(F)F)cc3)n2)cc(OC)c1OC. The third kappa shape index (κ3) is 4.85. The van der Waals surface area contributed by atoms with E-state index in [1.165, 1.54) is 25.5 Å². The molecule has 1 N–H and O–H groups in total. The van der Waals surface area contributed by atoms with E-state index in [4.69, 9.17) is 18.6 Å². The molecule has 0 bridgehead atoms. The minimum absolute atomic E-state index is 0.258. The van der Waals surface area contributed by atoms with Gasteiger partial charge >= 0.3 is 6.18 Å². The summed E-state index contributed by atoms with van der Waals surface area (Å²) in [5, 5.41) is 3.23. The molecule has 9 heteroatoms. The van der Waals surface area contributed by atoms with Gasteiger partial charge in [0, 0.05) is 18.7 Å². The zero-order valence-electron chi connectivity index (χ0n) is 16.7. The molecule has 0 spiro atoms. The van der Waals surface area contributed by atoms with Crippen LogP contribution >= 0.6 is 0 Å². The number of aromatic nitrogens is 1. The van der Waals surface area contributed by atoms with Crippen molar-refractivity contribution < 1.29 is 31.8 Å². The maximum absolute atomic E-state index is 12.7. The van der Waals surface area contributed by atoms with E-state index < -0.39 is 11.7 Å². The Morgan fingerprint density at radius 2 is 1.57 bits per heavy atom. The number of benzene rings is 2. The highest BCUT2D eigenvalue weighted by Gasteiger charge is 2.30. The lowest BCUT2D eigenvalue weighted by atomic mass is 10.1. The van der Waals surface area contributed by atoms with E-state index in [1.807, 2.05) is 12.1 Å². The van der Waals surface area contributed by atoms with Gasteiger partial charge in [0.1, 0.15) is 6.26 Å². The topological polar surface area (TPSA) is 65.8 Å². The molecule has 0 amide bonds. The normalized spacial score (nSPS) is 11.4. The van der Waals surface area contributed by atoms with E-state index in [-0.39, 0.29) is 5.89 Å². The van der Waals surface area contributed by atoms with Crippen molar-refractivity contribution in [3.63, 3.8) is 0 Å². The molecule has 1 heterocycles. The van der Waals surface area contributed by atoms with Crippen LogP contribution in [-0.4, -0.2) is 26.3 Å². The second-order valence-electron chi connectivity index (χ2n) is 6.36. The number of oxazole rings is 1. The number of hydrogen-bond acceptors (Lipinski definition) is 6. The molecule has 0 saturated heterocycles. The van der Waals surface area contributed by atoms with Crippen LogP contribution in [-0.2, 0) is 19.3 Å². The summed E-state index contributed by atoms with van der Waals surface area (Å²) in [4.78, 5) is 4.32. The van der Waals surface area contributed by atoms with E-state index in [0.29, 0.717) is 41.6 Å². The van der Waals surface area contributed by atoms with Gasteiger partial charge in [0.25, 0.3) is 0 Å². The molecular weight excluding hydrogens is 401 g/mol. The monoisotopic (exact) mass is 422 g/mol. The summed E-state index contributed by atoms with van der Waals surface area (Å²) in [7, 11) is 4.64. The Morgan fingerprint density at radius 3 is 2.10 bits per heavy atom. The fourth-order valence-corrected chi connectivity index (χ4v) is 2.89. The zero-order chi connectivity index (χ0) is 21.7. The molecule has 160 valence electrons. The van der Waals surface area contributed by atoms with Crippen LogP contribution in [0.15, 0.2) is 47.1 Å². The average molecular weight is 422 g/mol. The molecule has 0 fully saturated rings. The second-order valence-corrected chi connectivity index (χ2v) is 6.36. The first-order valence-corrected chi connectivity index (χ1v) is 8.97. The Bertz CT molecular complexity index is 960. The van der Waals surface area contributed by atoms with Crippen molar-refractivity contribution in [2.75, 3.05) is 21.3 Å². The van der Waals surface area contributed by atoms with Crippen molar-refractivity contribution >= 4 is 0 Å². The van der Waals surface area contributed by atoms with Gasteiger partial charge in [0.15, 0.2) is 11.5 Å². The molecule has 0 radical (unpaired) electrons. The summed E-state index contributed by atoms with van der Waals surface area (Å²) < 4.78 is 59.4. The molecule has 0 unspecified atom stereocenters. The molecular formula is C21H21F3N2O4. The van der Waals surface area contributed by atoms with Crippen LogP contribution < -0.4 is 19.5 Å². The smallest absolute Gasteiger partial charge is 0.416 e. The summed E-state index contributed by atoms with van der Waals surface area (Å²) >= 11 is 0. The fourth-order valence-electron chi connectivity index (χ4n) is 2.89. The van der Waals surface area contributed by atoms with Gasteiger partial charge in [-0.2, -0.15) is 13.2 Å². The first-order valence-electron chi connectivity index (χ1n) is 8.97. The molecule has 6 nitrogen and oxygen atoms in total. The number of nitrogens with one attached hydrogen (secondary N) is 1. The van der Waals surface area contributed by atoms with Gasteiger partial charge in [-0.3, -0.25) is 0 Å². The van der Waals surface area contributed by atoms with E-state index >= 15 is 0 Å². The van der Waals surface area contributed by atoms with Crippen LogP contribution in [0.4, 0.5) is 13.2 Å². The van der Waals surface area contributed by atoms with Crippen molar-refractivity contribution in [2.45, 2.75) is 19.3 Å². The number of nitrogens with zero attached hydrogens (tertiary/aromatic N) is 1. The maximum atomic E-state index is 12.7. The third-order valence-electron chi connectivity index (χ3n) is 4.37. The molecule has 0 aliphatic heterocycles. The zero-order valence-corrected chi connectivity index (χ0v) is 16.7. The maximum Gasteiger partial charge on any atom is 0.416 e. The first-order chi connectivity index (χ1) is 14.4. The summed E-state index contributed by atoms with van der Waals surface area (Å²) in [6, 6.07) is 8.35. The Labute approximate surface area is 171 Å². The predicted octanol–water partition coefficient (Wildman–Crippen LogP) is 4.68. The van der Waals surface area contributed by atoms with Crippen LogP contribution in [0.5, 0.6) is 17.2 Å². The second kappa shape index (κ2) is 9.08. The lowest BCUT2D eigenvalue weighted by Gasteiger charge is -2.14. The average Bonchev–Trinajstić information content (AvgIpc) is 3.21. The highest BCUT2D eigenvalue weighted by atomic mass is 19.4.